The number of nitrogens with two attached hydrogens (primary N) is 1. The van der Waals surface area contributed by atoms with Crippen molar-refractivity contribution >= 4 is 17.8 Å². The summed E-state index contributed by atoms with van der Waals surface area (Å²) in [6.45, 7) is 2.58. The van der Waals surface area contributed by atoms with Gasteiger partial charge in [-0.3, -0.25) is 4.79 Å². The number of ether oxygens (including phenoxy) is 2. The Hall–Kier alpha value is -3.79. The van der Waals surface area contributed by atoms with Crippen molar-refractivity contribution in [3.05, 3.63) is 48.3 Å². The molecule has 0 spiro atoms. The number of carbonyl (C=O) groups excluding carboxylic acids is 1. The topological polar surface area (TPSA) is 120 Å². The second-order valence-corrected chi connectivity index (χ2v) is 7.15. The average molecular weight is 421 g/mol. The van der Waals surface area contributed by atoms with Gasteiger partial charge in [0.05, 0.1) is 18.9 Å². The van der Waals surface area contributed by atoms with Crippen LogP contribution in [0.15, 0.2) is 42.7 Å². The van der Waals surface area contributed by atoms with Crippen LogP contribution in [0.5, 0.6) is 11.6 Å². The SMILES string of the molecule is CN(C)C(=O)c1ccc(Oc2cc(-c3cnc(N)nc3)nc(N3CCOCC3)n2)cc1. The van der Waals surface area contributed by atoms with E-state index in [4.69, 9.17) is 15.2 Å². The molecule has 2 aromatic heterocycles. The van der Waals surface area contributed by atoms with Crippen LogP contribution < -0.4 is 15.4 Å². The molecule has 1 fully saturated rings. The number of anilines is 2. The quantitative estimate of drug-likeness (QED) is 0.658. The van der Waals surface area contributed by atoms with Gasteiger partial charge in [0.25, 0.3) is 5.91 Å². The van der Waals surface area contributed by atoms with E-state index >= 15 is 0 Å². The Morgan fingerprint density at radius 1 is 1.10 bits per heavy atom. The number of aromatic nitrogens is 4. The first-order valence-corrected chi connectivity index (χ1v) is 9.79. The largest absolute Gasteiger partial charge is 0.439 e. The fourth-order valence-electron chi connectivity index (χ4n) is 3.03. The third-order valence-corrected chi connectivity index (χ3v) is 4.68. The van der Waals surface area contributed by atoms with Gasteiger partial charge in [-0.25, -0.2) is 15.0 Å². The van der Waals surface area contributed by atoms with Crippen molar-refractivity contribution in [3.63, 3.8) is 0 Å². The van der Waals surface area contributed by atoms with Crippen LogP contribution in [0.4, 0.5) is 11.9 Å². The van der Waals surface area contributed by atoms with Gasteiger partial charge < -0.3 is 25.0 Å². The van der Waals surface area contributed by atoms with Gasteiger partial charge in [0.1, 0.15) is 5.75 Å². The molecule has 1 amide bonds. The number of amides is 1. The van der Waals surface area contributed by atoms with E-state index in [0.717, 1.165) is 0 Å². The molecule has 0 radical (unpaired) electrons. The summed E-state index contributed by atoms with van der Waals surface area (Å²) < 4.78 is 11.4. The Morgan fingerprint density at radius 2 is 1.77 bits per heavy atom. The summed E-state index contributed by atoms with van der Waals surface area (Å²) in [5, 5.41) is 0. The van der Waals surface area contributed by atoms with Crippen molar-refractivity contribution in [1.82, 2.24) is 24.8 Å². The van der Waals surface area contributed by atoms with E-state index in [2.05, 4.69) is 19.9 Å². The van der Waals surface area contributed by atoms with Crippen LogP contribution in [0.25, 0.3) is 11.3 Å². The molecule has 0 atom stereocenters. The fraction of sp³-hybridized carbons (Fsp3) is 0.286. The standard InChI is InChI=1S/C21H23N7O3/c1-27(2)19(29)14-3-5-16(6-4-14)31-18-11-17(15-12-23-20(22)24-13-15)25-21(26-18)28-7-9-30-10-8-28/h3-6,11-13H,7-10H2,1-2H3,(H2,22,23,24). The van der Waals surface area contributed by atoms with Crippen molar-refractivity contribution < 1.29 is 14.3 Å². The zero-order chi connectivity index (χ0) is 21.8. The van der Waals surface area contributed by atoms with E-state index < -0.39 is 0 Å². The molecule has 0 aliphatic carbocycles. The molecular weight excluding hydrogens is 398 g/mol. The highest BCUT2D eigenvalue weighted by molar-refractivity contribution is 5.93. The molecule has 1 aromatic carbocycles. The minimum Gasteiger partial charge on any atom is -0.439 e. The zero-order valence-electron chi connectivity index (χ0n) is 17.4. The molecule has 31 heavy (non-hydrogen) atoms. The highest BCUT2D eigenvalue weighted by Gasteiger charge is 2.18. The molecule has 3 heterocycles. The van der Waals surface area contributed by atoms with Crippen LogP contribution >= 0.6 is 0 Å². The normalized spacial score (nSPS) is 13.7. The minimum atomic E-state index is -0.0752. The van der Waals surface area contributed by atoms with Crippen LogP contribution in [-0.2, 0) is 4.74 Å². The Morgan fingerprint density at radius 3 is 2.42 bits per heavy atom. The van der Waals surface area contributed by atoms with Crippen molar-refractivity contribution in [2.45, 2.75) is 0 Å². The van der Waals surface area contributed by atoms with Gasteiger partial charge in [-0.05, 0) is 24.3 Å². The Balaban J connectivity index is 1.65. The molecule has 10 heteroatoms. The van der Waals surface area contributed by atoms with Gasteiger partial charge in [-0.15, -0.1) is 0 Å². The second-order valence-electron chi connectivity index (χ2n) is 7.15. The molecule has 3 aromatic rings. The van der Waals surface area contributed by atoms with Crippen molar-refractivity contribution in [3.8, 4) is 22.9 Å². The molecule has 0 bridgehead atoms. The predicted molar refractivity (Wildman–Crippen MR) is 115 cm³/mol. The molecule has 1 aliphatic rings. The smallest absolute Gasteiger partial charge is 0.253 e. The van der Waals surface area contributed by atoms with Crippen molar-refractivity contribution in [1.29, 1.82) is 0 Å². The van der Waals surface area contributed by atoms with E-state index in [0.29, 0.717) is 60.7 Å². The minimum absolute atomic E-state index is 0.0752. The second kappa shape index (κ2) is 8.92. The van der Waals surface area contributed by atoms with Gasteiger partial charge in [-0.1, -0.05) is 0 Å². The summed E-state index contributed by atoms with van der Waals surface area (Å²) in [6.07, 6.45) is 3.22. The maximum Gasteiger partial charge on any atom is 0.253 e. The number of rotatable bonds is 5. The Kier molecular flexibility index (Phi) is 5.89. The lowest BCUT2D eigenvalue weighted by atomic mass is 10.2. The lowest BCUT2D eigenvalue weighted by molar-refractivity contribution is 0.0827. The lowest BCUT2D eigenvalue weighted by Gasteiger charge is -2.27. The zero-order valence-corrected chi connectivity index (χ0v) is 17.4. The van der Waals surface area contributed by atoms with Crippen molar-refractivity contribution in [2.24, 2.45) is 0 Å². The molecule has 2 N–H and O–H groups in total. The molecule has 160 valence electrons. The summed E-state index contributed by atoms with van der Waals surface area (Å²) in [4.78, 5) is 33.0. The van der Waals surface area contributed by atoms with Crippen LogP contribution in [0.1, 0.15) is 10.4 Å². The van der Waals surface area contributed by atoms with Gasteiger partial charge in [-0.2, -0.15) is 4.98 Å². The maximum atomic E-state index is 12.1. The van der Waals surface area contributed by atoms with Crippen LogP contribution in [0.3, 0.4) is 0 Å². The van der Waals surface area contributed by atoms with E-state index in [1.807, 2.05) is 4.90 Å². The van der Waals surface area contributed by atoms with Crippen LogP contribution in [0, 0.1) is 0 Å². The number of hydrogen-bond donors (Lipinski definition) is 1. The summed E-state index contributed by atoms with van der Waals surface area (Å²) in [5.74, 6) is 1.58. The lowest BCUT2D eigenvalue weighted by Crippen LogP contribution is -2.37. The molecule has 10 nitrogen and oxygen atoms in total. The van der Waals surface area contributed by atoms with Crippen LogP contribution in [-0.4, -0.2) is 71.1 Å². The summed E-state index contributed by atoms with van der Waals surface area (Å²) in [7, 11) is 3.42. The van der Waals surface area contributed by atoms with Crippen molar-refractivity contribution in [2.75, 3.05) is 51.0 Å². The molecule has 0 saturated carbocycles. The Bertz CT molecular complexity index is 1050. The molecule has 4 rings (SSSR count). The number of hydrogen-bond acceptors (Lipinski definition) is 9. The predicted octanol–water partition coefficient (Wildman–Crippen LogP) is 1.85. The van der Waals surface area contributed by atoms with Crippen LogP contribution in [0.2, 0.25) is 0 Å². The third-order valence-electron chi connectivity index (χ3n) is 4.68. The molecule has 1 saturated heterocycles. The van der Waals surface area contributed by atoms with E-state index in [-0.39, 0.29) is 11.9 Å². The number of carbonyl (C=O) groups is 1. The first kappa shape index (κ1) is 20.5. The van der Waals surface area contributed by atoms with Gasteiger partial charge in [0, 0.05) is 56.8 Å². The summed E-state index contributed by atoms with van der Waals surface area (Å²) in [6, 6.07) is 8.63. The van der Waals surface area contributed by atoms with Gasteiger partial charge in [0.2, 0.25) is 17.8 Å². The maximum absolute atomic E-state index is 12.1. The monoisotopic (exact) mass is 421 g/mol. The number of benzene rings is 1. The first-order valence-electron chi connectivity index (χ1n) is 9.79. The van der Waals surface area contributed by atoms with Gasteiger partial charge in [0.15, 0.2) is 0 Å². The third kappa shape index (κ3) is 4.86. The number of nitrogen functional groups attached to an aromatic ring is 1. The summed E-state index contributed by atoms with van der Waals surface area (Å²) >= 11 is 0. The fourth-order valence-corrected chi connectivity index (χ4v) is 3.03. The Labute approximate surface area is 179 Å². The molecule has 1 aliphatic heterocycles. The molecular formula is C21H23N7O3. The highest BCUT2D eigenvalue weighted by Crippen LogP contribution is 2.27. The highest BCUT2D eigenvalue weighted by atomic mass is 16.5. The van der Waals surface area contributed by atoms with E-state index in [1.54, 1.807) is 56.8 Å². The number of nitrogens with zero attached hydrogens (tertiary/aromatic N) is 6. The van der Waals surface area contributed by atoms with E-state index in [9.17, 15) is 4.79 Å². The molecule has 0 unspecified atom stereocenters. The first-order chi connectivity index (χ1) is 15.0. The van der Waals surface area contributed by atoms with Gasteiger partial charge >= 0.3 is 0 Å². The van der Waals surface area contributed by atoms with E-state index in [1.165, 1.54) is 4.90 Å². The number of morpholine rings is 1. The summed E-state index contributed by atoms with van der Waals surface area (Å²) in [5.41, 5.74) is 7.50. The average Bonchev–Trinajstić information content (AvgIpc) is 2.80.